The second-order valence-corrected chi connectivity index (χ2v) is 4.99. The number of rotatable bonds is 2. The van der Waals surface area contributed by atoms with Gasteiger partial charge in [-0.1, -0.05) is 23.7 Å². The van der Waals surface area contributed by atoms with E-state index in [4.69, 9.17) is 16.3 Å². The Kier molecular flexibility index (Phi) is 3.59. The number of halogens is 2. The molecule has 2 aromatic carbocycles. The fourth-order valence-corrected chi connectivity index (χ4v) is 2.11. The molecule has 3 rings (SSSR count). The van der Waals surface area contributed by atoms with Crippen molar-refractivity contribution in [3.05, 3.63) is 82.1 Å². The van der Waals surface area contributed by atoms with Crippen molar-refractivity contribution < 1.29 is 13.9 Å². The average molecular weight is 301 g/mol. The van der Waals surface area contributed by atoms with Gasteiger partial charge in [0.15, 0.2) is 0 Å². The lowest BCUT2D eigenvalue weighted by molar-refractivity contribution is -0.130. The SMILES string of the molecule is O=C1OC(c2ccc(Cl)cc2)=C/C1=C\c1ccc(F)cc1. The Morgan fingerprint density at radius 1 is 1.00 bits per heavy atom. The van der Waals surface area contributed by atoms with Gasteiger partial charge in [0.2, 0.25) is 0 Å². The molecular weight excluding hydrogens is 291 g/mol. The molecular formula is C17H10ClFO2. The zero-order valence-corrected chi connectivity index (χ0v) is 11.6. The summed E-state index contributed by atoms with van der Waals surface area (Å²) in [5.74, 6) is -0.266. The van der Waals surface area contributed by atoms with Crippen LogP contribution in [0.15, 0.2) is 60.2 Å². The molecule has 0 saturated heterocycles. The fourth-order valence-electron chi connectivity index (χ4n) is 1.98. The number of carbonyl (C=O) groups is 1. The summed E-state index contributed by atoms with van der Waals surface area (Å²) in [5.41, 5.74) is 1.93. The zero-order valence-electron chi connectivity index (χ0n) is 10.8. The molecule has 21 heavy (non-hydrogen) atoms. The van der Waals surface area contributed by atoms with Gasteiger partial charge in [-0.05, 0) is 54.1 Å². The number of ether oxygens (including phenoxy) is 1. The standard InChI is InChI=1S/C17H10ClFO2/c18-14-5-3-12(4-6-14)16-10-13(17(20)21-16)9-11-1-7-15(19)8-2-11/h1-10H/b13-9+. The van der Waals surface area contributed by atoms with Crippen LogP contribution in [0.25, 0.3) is 11.8 Å². The normalized spacial score (nSPS) is 16.0. The van der Waals surface area contributed by atoms with Crippen LogP contribution in [0.3, 0.4) is 0 Å². The highest BCUT2D eigenvalue weighted by atomic mass is 35.5. The number of carbonyl (C=O) groups excluding carboxylic acids is 1. The Morgan fingerprint density at radius 2 is 1.67 bits per heavy atom. The van der Waals surface area contributed by atoms with Crippen molar-refractivity contribution in [1.82, 2.24) is 0 Å². The number of hydrogen-bond donors (Lipinski definition) is 0. The summed E-state index contributed by atoms with van der Waals surface area (Å²) in [6.45, 7) is 0. The molecule has 0 radical (unpaired) electrons. The molecule has 1 heterocycles. The molecule has 1 aliphatic heterocycles. The van der Waals surface area contributed by atoms with Gasteiger partial charge in [0.05, 0.1) is 5.57 Å². The third-order valence-corrected chi connectivity index (χ3v) is 3.30. The minimum atomic E-state index is -0.427. The Hall–Kier alpha value is -2.39. The molecule has 1 aliphatic rings. The molecule has 2 nitrogen and oxygen atoms in total. The molecule has 0 aliphatic carbocycles. The first-order chi connectivity index (χ1) is 10.1. The Labute approximate surface area is 126 Å². The Bertz CT molecular complexity index is 743. The van der Waals surface area contributed by atoms with Crippen molar-refractivity contribution in [3.8, 4) is 0 Å². The summed E-state index contributed by atoms with van der Waals surface area (Å²) in [4.78, 5) is 11.9. The molecule has 2 aromatic rings. The predicted octanol–water partition coefficient (Wildman–Crippen LogP) is 4.46. The number of esters is 1. The minimum absolute atomic E-state index is 0.316. The van der Waals surface area contributed by atoms with Crippen LogP contribution in [0.2, 0.25) is 5.02 Å². The van der Waals surface area contributed by atoms with Crippen molar-refractivity contribution in [2.75, 3.05) is 0 Å². The minimum Gasteiger partial charge on any atom is -0.422 e. The van der Waals surface area contributed by atoms with E-state index in [1.165, 1.54) is 12.1 Å². The third kappa shape index (κ3) is 3.03. The van der Waals surface area contributed by atoms with Gasteiger partial charge in [-0.2, -0.15) is 0 Å². The monoisotopic (exact) mass is 300 g/mol. The first-order valence-corrected chi connectivity index (χ1v) is 6.67. The molecule has 0 fully saturated rings. The summed E-state index contributed by atoms with van der Waals surface area (Å²) in [6, 6.07) is 12.9. The quantitative estimate of drug-likeness (QED) is 0.604. The fraction of sp³-hybridized carbons (Fsp3) is 0. The topological polar surface area (TPSA) is 26.3 Å². The van der Waals surface area contributed by atoms with Crippen LogP contribution >= 0.6 is 11.6 Å². The van der Waals surface area contributed by atoms with Gasteiger partial charge in [0.25, 0.3) is 0 Å². The van der Waals surface area contributed by atoms with Gasteiger partial charge < -0.3 is 4.74 Å². The second-order valence-electron chi connectivity index (χ2n) is 4.56. The molecule has 0 unspecified atom stereocenters. The Balaban J connectivity index is 1.91. The highest BCUT2D eigenvalue weighted by molar-refractivity contribution is 6.30. The lowest BCUT2D eigenvalue weighted by Crippen LogP contribution is -1.97. The van der Waals surface area contributed by atoms with E-state index in [9.17, 15) is 9.18 Å². The Morgan fingerprint density at radius 3 is 2.33 bits per heavy atom. The van der Waals surface area contributed by atoms with Crippen molar-refractivity contribution in [3.63, 3.8) is 0 Å². The van der Waals surface area contributed by atoms with Gasteiger partial charge in [-0.3, -0.25) is 0 Å². The molecule has 0 aromatic heterocycles. The van der Waals surface area contributed by atoms with E-state index in [-0.39, 0.29) is 5.82 Å². The van der Waals surface area contributed by atoms with Crippen molar-refractivity contribution in [2.45, 2.75) is 0 Å². The van der Waals surface area contributed by atoms with Gasteiger partial charge in [0.1, 0.15) is 11.6 Å². The van der Waals surface area contributed by atoms with Gasteiger partial charge in [0, 0.05) is 10.6 Å². The summed E-state index contributed by atoms with van der Waals surface area (Å²) in [7, 11) is 0. The van der Waals surface area contributed by atoms with Crippen molar-refractivity contribution >= 4 is 29.4 Å². The number of benzene rings is 2. The molecule has 104 valence electrons. The highest BCUT2D eigenvalue weighted by Gasteiger charge is 2.21. The van der Waals surface area contributed by atoms with Crippen LogP contribution in [0.5, 0.6) is 0 Å². The number of hydrogen-bond acceptors (Lipinski definition) is 2. The first kappa shape index (κ1) is 13.6. The summed E-state index contributed by atoms with van der Waals surface area (Å²) >= 11 is 5.83. The van der Waals surface area contributed by atoms with Gasteiger partial charge in [-0.15, -0.1) is 0 Å². The van der Waals surface area contributed by atoms with Crippen LogP contribution in [0.4, 0.5) is 4.39 Å². The van der Waals surface area contributed by atoms with Crippen LogP contribution in [0.1, 0.15) is 11.1 Å². The third-order valence-electron chi connectivity index (χ3n) is 3.05. The second kappa shape index (κ2) is 5.54. The van der Waals surface area contributed by atoms with Gasteiger partial charge in [-0.25, -0.2) is 9.18 Å². The van der Waals surface area contributed by atoms with Gasteiger partial charge >= 0.3 is 5.97 Å². The first-order valence-electron chi connectivity index (χ1n) is 6.29. The summed E-state index contributed by atoms with van der Waals surface area (Å²) in [5, 5.41) is 0.616. The summed E-state index contributed by atoms with van der Waals surface area (Å²) < 4.78 is 18.1. The highest BCUT2D eigenvalue weighted by Crippen LogP contribution is 2.28. The average Bonchev–Trinajstić information content (AvgIpc) is 2.83. The zero-order chi connectivity index (χ0) is 14.8. The van der Waals surface area contributed by atoms with E-state index in [1.54, 1.807) is 48.6 Å². The van der Waals surface area contributed by atoms with E-state index < -0.39 is 5.97 Å². The maximum Gasteiger partial charge on any atom is 0.343 e. The largest absolute Gasteiger partial charge is 0.422 e. The molecule has 0 bridgehead atoms. The molecule has 0 spiro atoms. The van der Waals surface area contributed by atoms with Crippen LogP contribution in [0, 0.1) is 5.82 Å². The van der Waals surface area contributed by atoms with Crippen LogP contribution in [-0.2, 0) is 9.53 Å². The lowest BCUT2D eigenvalue weighted by Gasteiger charge is -2.01. The van der Waals surface area contributed by atoms with E-state index in [1.807, 2.05) is 0 Å². The van der Waals surface area contributed by atoms with Crippen LogP contribution < -0.4 is 0 Å². The van der Waals surface area contributed by atoms with Crippen molar-refractivity contribution in [1.29, 1.82) is 0 Å². The molecule has 0 N–H and O–H groups in total. The van der Waals surface area contributed by atoms with E-state index in [2.05, 4.69) is 0 Å². The maximum absolute atomic E-state index is 12.9. The molecule has 0 amide bonds. The maximum atomic E-state index is 12.9. The van der Waals surface area contributed by atoms with E-state index in [0.717, 1.165) is 11.1 Å². The lowest BCUT2D eigenvalue weighted by atomic mass is 10.1. The number of cyclic esters (lactones) is 1. The van der Waals surface area contributed by atoms with Crippen LogP contribution in [-0.4, -0.2) is 5.97 Å². The van der Waals surface area contributed by atoms with E-state index in [0.29, 0.717) is 16.4 Å². The molecule has 4 heteroatoms. The summed E-state index contributed by atoms with van der Waals surface area (Å²) in [6.07, 6.45) is 3.32. The predicted molar refractivity (Wildman–Crippen MR) is 79.9 cm³/mol. The smallest absolute Gasteiger partial charge is 0.343 e. The molecule has 0 saturated carbocycles. The van der Waals surface area contributed by atoms with E-state index >= 15 is 0 Å². The molecule has 0 atom stereocenters. The van der Waals surface area contributed by atoms with Crippen molar-refractivity contribution in [2.24, 2.45) is 0 Å².